The molecule has 1 aliphatic rings. The van der Waals surface area contributed by atoms with Gasteiger partial charge < -0.3 is 14.6 Å². The molecule has 0 radical (unpaired) electrons. The fourth-order valence-electron chi connectivity index (χ4n) is 2.25. The monoisotopic (exact) mass is 265 g/mol. The molecule has 18 heavy (non-hydrogen) atoms. The highest BCUT2D eigenvalue weighted by atomic mass is 32.1. The van der Waals surface area contributed by atoms with Gasteiger partial charge in [-0.1, -0.05) is 5.16 Å². The molecule has 2 aromatic heterocycles. The van der Waals surface area contributed by atoms with E-state index in [1.807, 2.05) is 16.8 Å². The summed E-state index contributed by atoms with van der Waals surface area (Å²) in [5, 5.41) is 11.4. The van der Waals surface area contributed by atoms with Gasteiger partial charge in [0, 0.05) is 18.1 Å². The van der Waals surface area contributed by atoms with E-state index in [9.17, 15) is 0 Å². The third kappa shape index (κ3) is 1.96. The zero-order valence-corrected chi connectivity index (χ0v) is 11.0. The first-order valence-corrected chi connectivity index (χ1v) is 6.91. The number of ether oxygens (including phenoxy) is 1. The van der Waals surface area contributed by atoms with E-state index in [0.717, 1.165) is 31.5 Å². The lowest BCUT2D eigenvalue weighted by molar-refractivity contribution is -0.0622. The molecule has 0 saturated carbocycles. The van der Waals surface area contributed by atoms with Crippen LogP contribution in [0.3, 0.4) is 0 Å². The Morgan fingerprint density at radius 3 is 2.94 bits per heavy atom. The molecule has 0 aromatic carbocycles. The molecule has 5 nitrogen and oxygen atoms in total. The molecule has 0 aliphatic carbocycles. The van der Waals surface area contributed by atoms with E-state index in [2.05, 4.69) is 15.5 Å². The molecule has 1 N–H and O–H groups in total. The second-order valence-corrected chi connectivity index (χ2v) is 5.16. The van der Waals surface area contributed by atoms with Gasteiger partial charge in [-0.05, 0) is 37.4 Å². The Morgan fingerprint density at radius 2 is 2.28 bits per heavy atom. The van der Waals surface area contributed by atoms with E-state index in [1.165, 1.54) is 0 Å². The number of rotatable bonds is 3. The molecule has 3 heterocycles. The lowest BCUT2D eigenvalue weighted by atomic mass is 9.92. The number of hydrogen-bond acceptors (Lipinski definition) is 6. The number of hydrogen-bond donors (Lipinski definition) is 1. The summed E-state index contributed by atoms with van der Waals surface area (Å²) in [5.41, 5.74) is 0.571. The fourth-order valence-corrected chi connectivity index (χ4v) is 2.89. The number of nitrogens with zero attached hydrogens (tertiary/aromatic N) is 2. The summed E-state index contributed by atoms with van der Waals surface area (Å²) < 4.78 is 11.1. The summed E-state index contributed by atoms with van der Waals surface area (Å²) in [6.45, 7) is 1.81. The van der Waals surface area contributed by atoms with Crippen molar-refractivity contribution in [2.24, 2.45) is 0 Å². The minimum absolute atomic E-state index is 0.424. The van der Waals surface area contributed by atoms with Crippen LogP contribution in [0.25, 0.3) is 11.4 Å². The summed E-state index contributed by atoms with van der Waals surface area (Å²) in [6, 6.07) is 1.99. The Balaban J connectivity index is 1.92. The molecule has 0 amide bonds. The van der Waals surface area contributed by atoms with Crippen molar-refractivity contribution in [3.8, 4) is 11.4 Å². The Morgan fingerprint density at radius 1 is 1.44 bits per heavy atom. The fraction of sp³-hybridized carbons (Fsp3) is 0.500. The average molecular weight is 265 g/mol. The Labute approximate surface area is 109 Å². The maximum absolute atomic E-state index is 5.66. The van der Waals surface area contributed by atoms with E-state index in [4.69, 9.17) is 9.26 Å². The standard InChI is InChI=1S/C12H15N3O2S/c1-16-12(3-5-13-6-4-12)11-14-10(15-17-11)9-2-7-18-8-9/h2,7-8,13H,3-6H2,1H3. The van der Waals surface area contributed by atoms with Gasteiger partial charge in [-0.25, -0.2) is 0 Å². The summed E-state index contributed by atoms with van der Waals surface area (Å²) in [4.78, 5) is 4.50. The molecular weight excluding hydrogens is 250 g/mol. The number of piperidine rings is 1. The van der Waals surface area contributed by atoms with Gasteiger partial charge in [0.25, 0.3) is 5.89 Å². The predicted molar refractivity (Wildman–Crippen MR) is 68.4 cm³/mol. The van der Waals surface area contributed by atoms with Crippen LogP contribution >= 0.6 is 11.3 Å². The maximum Gasteiger partial charge on any atom is 0.259 e. The van der Waals surface area contributed by atoms with Crippen LogP contribution in [0.2, 0.25) is 0 Å². The van der Waals surface area contributed by atoms with E-state index >= 15 is 0 Å². The van der Waals surface area contributed by atoms with Crippen LogP contribution in [0.5, 0.6) is 0 Å². The first kappa shape index (κ1) is 11.8. The van der Waals surface area contributed by atoms with Crippen molar-refractivity contribution < 1.29 is 9.26 Å². The topological polar surface area (TPSA) is 60.2 Å². The lowest BCUT2D eigenvalue weighted by Gasteiger charge is -2.32. The van der Waals surface area contributed by atoms with Crippen LogP contribution in [-0.2, 0) is 10.3 Å². The molecule has 0 unspecified atom stereocenters. The molecule has 0 spiro atoms. The smallest absolute Gasteiger partial charge is 0.259 e. The Kier molecular flexibility index (Phi) is 3.15. The Bertz CT molecular complexity index is 503. The zero-order valence-electron chi connectivity index (χ0n) is 10.2. The normalized spacial score (nSPS) is 18.9. The number of nitrogens with one attached hydrogen (secondary N) is 1. The van der Waals surface area contributed by atoms with Crippen molar-refractivity contribution in [1.29, 1.82) is 0 Å². The number of methoxy groups -OCH3 is 1. The molecule has 0 atom stereocenters. The van der Waals surface area contributed by atoms with Crippen LogP contribution < -0.4 is 5.32 Å². The number of thiophene rings is 1. The average Bonchev–Trinajstić information content (AvgIpc) is 3.10. The van der Waals surface area contributed by atoms with Gasteiger partial charge in [0.05, 0.1) is 0 Å². The van der Waals surface area contributed by atoms with Crippen molar-refractivity contribution in [1.82, 2.24) is 15.5 Å². The first-order chi connectivity index (χ1) is 8.84. The van der Waals surface area contributed by atoms with Gasteiger partial charge in [0.2, 0.25) is 5.82 Å². The highest BCUT2D eigenvalue weighted by Gasteiger charge is 2.39. The van der Waals surface area contributed by atoms with Crippen LogP contribution in [-0.4, -0.2) is 30.3 Å². The van der Waals surface area contributed by atoms with Gasteiger partial charge in [0.15, 0.2) is 0 Å². The summed E-state index contributed by atoms with van der Waals surface area (Å²) >= 11 is 1.62. The third-order valence-corrected chi connectivity index (χ3v) is 4.08. The maximum atomic E-state index is 5.66. The van der Waals surface area contributed by atoms with Crippen molar-refractivity contribution in [2.45, 2.75) is 18.4 Å². The third-order valence-electron chi connectivity index (χ3n) is 3.40. The van der Waals surface area contributed by atoms with Crippen LogP contribution in [0, 0.1) is 0 Å². The van der Waals surface area contributed by atoms with E-state index in [1.54, 1.807) is 18.4 Å². The summed E-state index contributed by atoms with van der Waals surface area (Å²) in [6.07, 6.45) is 1.71. The molecule has 2 aromatic rings. The van der Waals surface area contributed by atoms with Gasteiger partial charge in [0.1, 0.15) is 5.60 Å². The van der Waals surface area contributed by atoms with E-state index < -0.39 is 5.60 Å². The van der Waals surface area contributed by atoms with Crippen LogP contribution in [0.15, 0.2) is 21.3 Å². The molecule has 0 bridgehead atoms. The minimum Gasteiger partial charge on any atom is -0.368 e. The highest BCUT2D eigenvalue weighted by Crippen LogP contribution is 2.34. The molecule has 1 saturated heterocycles. The van der Waals surface area contributed by atoms with Crippen molar-refractivity contribution in [3.63, 3.8) is 0 Å². The van der Waals surface area contributed by atoms with Crippen molar-refractivity contribution in [3.05, 3.63) is 22.7 Å². The largest absolute Gasteiger partial charge is 0.368 e. The molecular formula is C12H15N3O2S. The molecule has 1 aliphatic heterocycles. The molecule has 6 heteroatoms. The van der Waals surface area contributed by atoms with Gasteiger partial charge in [-0.2, -0.15) is 16.3 Å². The first-order valence-electron chi connectivity index (χ1n) is 5.97. The Hall–Kier alpha value is -1.24. The summed E-state index contributed by atoms with van der Waals surface area (Å²) in [7, 11) is 1.71. The van der Waals surface area contributed by atoms with E-state index in [-0.39, 0.29) is 0 Å². The van der Waals surface area contributed by atoms with E-state index in [0.29, 0.717) is 11.7 Å². The highest BCUT2D eigenvalue weighted by molar-refractivity contribution is 7.08. The van der Waals surface area contributed by atoms with Crippen LogP contribution in [0.4, 0.5) is 0 Å². The quantitative estimate of drug-likeness (QED) is 0.920. The molecule has 96 valence electrons. The predicted octanol–water partition coefficient (Wildman–Crippen LogP) is 2.02. The molecule has 3 rings (SSSR count). The van der Waals surface area contributed by atoms with Gasteiger partial charge in [-0.15, -0.1) is 0 Å². The second kappa shape index (κ2) is 4.79. The van der Waals surface area contributed by atoms with Crippen molar-refractivity contribution >= 4 is 11.3 Å². The zero-order chi connectivity index (χ0) is 12.4. The van der Waals surface area contributed by atoms with Gasteiger partial charge >= 0.3 is 0 Å². The minimum atomic E-state index is -0.424. The second-order valence-electron chi connectivity index (χ2n) is 4.38. The lowest BCUT2D eigenvalue weighted by Crippen LogP contribution is -2.41. The van der Waals surface area contributed by atoms with Gasteiger partial charge in [-0.3, -0.25) is 0 Å². The SMILES string of the molecule is COC1(c2nc(-c3ccsc3)no2)CCNCC1. The van der Waals surface area contributed by atoms with Crippen molar-refractivity contribution in [2.75, 3.05) is 20.2 Å². The van der Waals surface area contributed by atoms with Crippen LogP contribution in [0.1, 0.15) is 18.7 Å². The summed E-state index contributed by atoms with van der Waals surface area (Å²) in [5.74, 6) is 1.23. The number of aromatic nitrogens is 2. The molecule has 1 fully saturated rings.